The molecule has 4 nitrogen and oxygen atoms in total. The topological polar surface area (TPSA) is 50.7 Å². The number of aromatic nitrogens is 3. The average molecular weight is 275 g/mol. The lowest BCUT2D eigenvalue weighted by atomic mass is 9.85. The summed E-state index contributed by atoms with van der Waals surface area (Å²) in [6.07, 6.45) is 6.11. The summed E-state index contributed by atoms with van der Waals surface area (Å²) in [5.74, 6) is 1.36. The molecule has 1 aliphatic rings. The van der Waals surface area contributed by atoms with Gasteiger partial charge in [0.25, 0.3) is 0 Å². The first-order valence-corrected chi connectivity index (χ1v) is 6.76. The quantitative estimate of drug-likeness (QED) is 0.916. The number of rotatable bonds is 3. The van der Waals surface area contributed by atoms with Gasteiger partial charge in [0.1, 0.15) is 0 Å². The van der Waals surface area contributed by atoms with Gasteiger partial charge >= 0.3 is 0 Å². The smallest absolute Gasteiger partial charge is 0.228 e. The molecule has 17 heavy (non-hydrogen) atoms. The van der Waals surface area contributed by atoms with Crippen molar-refractivity contribution in [3.8, 4) is 0 Å². The van der Waals surface area contributed by atoms with E-state index in [4.69, 9.17) is 23.2 Å². The van der Waals surface area contributed by atoms with Gasteiger partial charge in [-0.3, -0.25) is 0 Å². The summed E-state index contributed by atoms with van der Waals surface area (Å²) in [6, 6.07) is 0.423. The predicted octanol–water partition coefficient (Wildman–Crippen LogP) is 3.56. The zero-order valence-electron chi connectivity index (χ0n) is 9.79. The molecular formula is C11H16Cl2N4. The Balaban J connectivity index is 1.93. The normalized spacial score (nSPS) is 24.6. The summed E-state index contributed by atoms with van der Waals surface area (Å²) in [6.45, 7) is 2.25. The molecule has 0 bridgehead atoms. The van der Waals surface area contributed by atoms with E-state index in [0.29, 0.717) is 12.0 Å². The Bertz CT molecular complexity index is 357. The second-order valence-electron chi connectivity index (χ2n) is 4.47. The highest BCUT2D eigenvalue weighted by Gasteiger charge is 2.20. The molecule has 0 atom stereocenters. The summed E-state index contributed by atoms with van der Waals surface area (Å²) in [5.41, 5.74) is 0. The van der Waals surface area contributed by atoms with Crippen LogP contribution < -0.4 is 5.32 Å². The lowest BCUT2D eigenvalue weighted by molar-refractivity contribution is 0.329. The molecule has 0 aliphatic heterocycles. The van der Waals surface area contributed by atoms with Crippen LogP contribution in [0.1, 0.15) is 39.0 Å². The predicted molar refractivity (Wildman–Crippen MR) is 69.5 cm³/mol. The maximum Gasteiger partial charge on any atom is 0.228 e. The van der Waals surface area contributed by atoms with Crippen LogP contribution in [0.5, 0.6) is 0 Å². The summed E-state index contributed by atoms with van der Waals surface area (Å²) in [4.78, 5) is 11.8. The van der Waals surface area contributed by atoms with Crippen molar-refractivity contribution in [3.05, 3.63) is 10.6 Å². The van der Waals surface area contributed by atoms with E-state index >= 15 is 0 Å². The van der Waals surface area contributed by atoms with E-state index in [2.05, 4.69) is 27.2 Å². The lowest BCUT2D eigenvalue weighted by Gasteiger charge is -2.28. The van der Waals surface area contributed by atoms with Crippen molar-refractivity contribution in [3.63, 3.8) is 0 Å². The molecule has 1 N–H and O–H groups in total. The minimum atomic E-state index is 0.134. The Morgan fingerprint density at radius 1 is 1.06 bits per heavy atom. The molecule has 0 radical (unpaired) electrons. The van der Waals surface area contributed by atoms with Gasteiger partial charge in [-0.05, 0) is 54.8 Å². The second kappa shape index (κ2) is 5.83. The van der Waals surface area contributed by atoms with E-state index in [1.165, 1.54) is 19.3 Å². The van der Waals surface area contributed by atoms with Gasteiger partial charge in [-0.2, -0.15) is 15.0 Å². The summed E-state index contributed by atoms with van der Waals surface area (Å²) in [5, 5.41) is 3.54. The molecule has 0 spiro atoms. The van der Waals surface area contributed by atoms with Crippen molar-refractivity contribution in [2.45, 2.75) is 45.1 Å². The Hall–Kier alpha value is -0.610. The molecular weight excluding hydrogens is 259 g/mol. The van der Waals surface area contributed by atoms with Crippen molar-refractivity contribution in [2.24, 2.45) is 5.92 Å². The van der Waals surface area contributed by atoms with Gasteiger partial charge in [-0.1, -0.05) is 13.3 Å². The number of halogens is 2. The van der Waals surface area contributed by atoms with E-state index < -0.39 is 0 Å². The van der Waals surface area contributed by atoms with Crippen LogP contribution in [-0.2, 0) is 0 Å². The first kappa shape index (κ1) is 12.8. The highest BCUT2D eigenvalue weighted by Crippen LogP contribution is 2.28. The minimum absolute atomic E-state index is 0.134. The number of anilines is 1. The molecule has 1 aromatic rings. The third kappa shape index (κ3) is 3.68. The summed E-state index contributed by atoms with van der Waals surface area (Å²) in [7, 11) is 0. The van der Waals surface area contributed by atoms with E-state index in [-0.39, 0.29) is 10.6 Å². The Morgan fingerprint density at radius 2 is 1.65 bits per heavy atom. The Morgan fingerprint density at radius 3 is 2.18 bits per heavy atom. The van der Waals surface area contributed by atoms with Crippen LogP contribution in [-0.4, -0.2) is 21.0 Å². The Labute approximate surface area is 111 Å². The van der Waals surface area contributed by atoms with Crippen LogP contribution in [0.4, 0.5) is 5.95 Å². The van der Waals surface area contributed by atoms with E-state index in [9.17, 15) is 0 Å². The molecule has 0 aromatic carbocycles. The number of nitrogens with one attached hydrogen (secondary N) is 1. The fourth-order valence-corrected chi connectivity index (χ4v) is 2.65. The molecule has 1 heterocycles. The maximum atomic E-state index is 5.73. The second-order valence-corrected chi connectivity index (χ2v) is 5.14. The molecule has 0 saturated heterocycles. The van der Waals surface area contributed by atoms with Crippen molar-refractivity contribution in [1.82, 2.24) is 15.0 Å². The maximum absolute atomic E-state index is 5.73. The zero-order valence-corrected chi connectivity index (χ0v) is 11.3. The number of hydrogen-bond acceptors (Lipinski definition) is 4. The third-order valence-electron chi connectivity index (χ3n) is 3.34. The van der Waals surface area contributed by atoms with Gasteiger partial charge in [0.05, 0.1) is 0 Å². The molecule has 0 amide bonds. The highest BCUT2D eigenvalue weighted by molar-refractivity contribution is 6.31. The molecule has 1 aliphatic carbocycles. The molecule has 1 aromatic heterocycles. The molecule has 94 valence electrons. The van der Waals surface area contributed by atoms with Gasteiger partial charge in [-0.25, -0.2) is 0 Å². The Kier molecular flexibility index (Phi) is 4.40. The van der Waals surface area contributed by atoms with Gasteiger partial charge in [0, 0.05) is 6.04 Å². The summed E-state index contributed by atoms with van der Waals surface area (Å²) >= 11 is 11.5. The van der Waals surface area contributed by atoms with Gasteiger partial charge in [0.2, 0.25) is 16.5 Å². The monoisotopic (exact) mass is 274 g/mol. The van der Waals surface area contributed by atoms with Gasteiger partial charge in [-0.15, -0.1) is 0 Å². The third-order valence-corrected chi connectivity index (χ3v) is 3.68. The van der Waals surface area contributed by atoms with E-state index in [0.717, 1.165) is 18.8 Å². The first-order chi connectivity index (χ1) is 8.17. The van der Waals surface area contributed by atoms with Crippen LogP contribution in [0.3, 0.4) is 0 Å². The SMILES string of the molecule is CCC1CCC(Nc2nc(Cl)nc(Cl)n2)CC1. The number of hydrogen-bond donors (Lipinski definition) is 1. The lowest BCUT2D eigenvalue weighted by Crippen LogP contribution is -2.26. The van der Waals surface area contributed by atoms with E-state index in [1.54, 1.807) is 0 Å². The standard InChI is InChI=1S/C11H16Cl2N4/c1-2-7-3-5-8(6-4-7)14-11-16-9(12)15-10(13)17-11/h7-8H,2-6H2,1H3,(H,14,15,16,17). The van der Waals surface area contributed by atoms with Crippen LogP contribution in [0.25, 0.3) is 0 Å². The highest BCUT2D eigenvalue weighted by atomic mass is 35.5. The van der Waals surface area contributed by atoms with Crippen LogP contribution in [0.15, 0.2) is 0 Å². The van der Waals surface area contributed by atoms with Crippen molar-refractivity contribution in [1.29, 1.82) is 0 Å². The summed E-state index contributed by atoms with van der Waals surface area (Å²) < 4.78 is 0. The van der Waals surface area contributed by atoms with Crippen LogP contribution in [0.2, 0.25) is 10.6 Å². The number of nitrogens with zero attached hydrogens (tertiary/aromatic N) is 3. The largest absolute Gasteiger partial charge is 0.351 e. The molecule has 6 heteroatoms. The molecule has 0 unspecified atom stereocenters. The van der Waals surface area contributed by atoms with E-state index in [1.807, 2.05) is 0 Å². The fraction of sp³-hybridized carbons (Fsp3) is 0.727. The van der Waals surface area contributed by atoms with Crippen molar-refractivity contribution >= 4 is 29.2 Å². The molecule has 2 rings (SSSR count). The van der Waals surface area contributed by atoms with Gasteiger partial charge in [0.15, 0.2) is 0 Å². The van der Waals surface area contributed by atoms with Crippen molar-refractivity contribution < 1.29 is 0 Å². The first-order valence-electron chi connectivity index (χ1n) is 6.01. The van der Waals surface area contributed by atoms with Gasteiger partial charge < -0.3 is 5.32 Å². The van der Waals surface area contributed by atoms with Crippen molar-refractivity contribution in [2.75, 3.05) is 5.32 Å². The van der Waals surface area contributed by atoms with Crippen LogP contribution >= 0.6 is 23.2 Å². The minimum Gasteiger partial charge on any atom is -0.351 e. The average Bonchev–Trinajstić information content (AvgIpc) is 2.28. The zero-order chi connectivity index (χ0) is 12.3. The molecule has 1 fully saturated rings. The van der Waals surface area contributed by atoms with Crippen LogP contribution in [0, 0.1) is 5.92 Å². The fourth-order valence-electron chi connectivity index (χ4n) is 2.29. The molecule has 1 saturated carbocycles.